The fourth-order valence-corrected chi connectivity index (χ4v) is 2.21. The van der Waals surface area contributed by atoms with Gasteiger partial charge in [-0.3, -0.25) is 4.79 Å². The molecule has 2 aromatic rings. The van der Waals surface area contributed by atoms with Crippen LogP contribution in [0.2, 0.25) is 0 Å². The third-order valence-corrected chi connectivity index (χ3v) is 3.48. The molecule has 7 heteroatoms. The van der Waals surface area contributed by atoms with Gasteiger partial charge in [-0.05, 0) is 42.3 Å². The SMILES string of the molecule is CN(C)c1cccc(C(=O)NCCc2ccc(OC(F)(F)F)cc2)c1. The number of rotatable bonds is 6. The van der Waals surface area contributed by atoms with Crippen molar-refractivity contribution in [2.24, 2.45) is 0 Å². The molecule has 0 saturated carbocycles. The Bertz CT molecular complexity index is 713. The second-order valence-corrected chi connectivity index (χ2v) is 5.64. The van der Waals surface area contributed by atoms with Crippen molar-refractivity contribution >= 4 is 11.6 Å². The number of alkyl halides is 3. The van der Waals surface area contributed by atoms with Crippen LogP contribution in [0.4, 0.5) is 18.9 Å². The first kappa shape index (κ1) is 18.6. The van der Waals surface area contributed by atoms with Crippen LogP contribution in [-0.4, -0.2) is 32.9 Å². The highest BCUT2D eigenvalue weighted by Gasteiger charge is 2.30. The monoisotopic (exact) mass is 352 g/mol. The maximum absolute atomic E-state index is 12.1. The van der Waals surface area contributed by atoms with Gasteiger partial charge in [0.1, 0.15) is 5.75 Å². The minimum absolute atomic E-state index is 0.194. The number of hydrogen-bond acceptors (Lipinski definition) is 3. The lowest BCUT2D eigenvalue weighted by Gasteiger charge is -2.13. The molecule has 25 heavy (non-hydrogen) atoms. The van der Waals surface area contributed by atoms with Crippen LogP contribution in [0.25, 0.3) is 0 Å². The van der Waals surface area contributed by atoms with Crippen LogP contribution >= 0.6 is 0 Å². The zero-order valence-corrected chi connectivity index (χ0v) is 13.9. The first-order valence-electron chi connectivity index (χ1n) is 7.65. The zero-order valence-electron chi connectivity index (χ0n) is 13.9. The maximum atomic E-state index is 12.1. The Morgan fingerprint density at radius 1 is 1.12 bits per heavy atom. The quantitative estimate of drug-likeness (QED) is 0.863. The Balaban J connectivity index is 1.86. The van der Waals surface area contributed by atoms with Gasteiger partial charge in [0, 0.05) is 31.9 Å². The number of ether oxygens (including phenoxy) is 1. The summed E-state index contributed by atoms with van der Waals surface area (Å²) >= 11 is 0. The number of anilines is 1. The Labute approximate surface area is 144 Å². The summed E-state index contributed by atoms with van der Waals surface area (Å²) in [6.45, 7) is 0.379. The summed E-state index contributed by atoms with van der Waals surface area (Å²) in [4.78, 5) is 14.0. The lowest BCUT2D eigenvalue weighted by molar-refractivity contribution is -0.274. The minimum atomic E-state index is -4.70. The number of carbonyl (C=O) groups excluding carboxylic acids is 1. The third kappa shape index (κ3) is 6.02. The minimum Gasteiger partial charge on any atom is -0.406 e. The van der Waals surface area contributed by atoms with E-state index in [0.717, 1.165) is 11.3 Å². The van der Waals surface area contributed by atoms with E-state index < -0.39 is 6.36 Å². The number of amides is 1. The van der Waals surface area contributed by atoms with E-state index in [1.165, 1.54) is 12.1 Å². The average molecular weight is 352 g/mol. The standard InChI is InChI=1S/C18H19F3N2O2/c1-23(2)15-5-3-4-14(12-15)17(24)22-11-10-13-6-8-16(9-7-13)25-18(19,20)21/h3-9,12H,10-11H2,1-2H3,(H,22,24). The number of nitrogens with one attached hydrogen (secondary N) is 1. The molecule has 0 bridgehead atoms. The van der Waals surface area contributed by atoms with Crippen LogP contribution in [0.1, 0.15) is 15.9 Å². The fourth-order valence-electron chi connectivity index (χ4n) is 2.21. The molecule has 0 spiro atoms. The Morgan fingerprint density at radius 3 is 2.40 bits per heavy atom. The molecular formula is C18H19F3N2O2. The van der Waals surface area contributed by atoms with E-state index in [4.69, 9.17) is 0 Å². The van der Waals surface area contributed by atoms with Gasteiger partial charge in [0.15, 0.2) is 0 Å². The molecule has 0 saturated heterocycles. The molecule has 0 fully saturated rings. The van der Waals surface area contributed by atoms with E-state index in [-0.39, 0.29) is 11.7 Å². The molecule has 0 aliphatic carbocycles. The van der Waals surface area contributed by atoms with Gasteiger partial charge in [-0.15, -0.1) is 13.2 Å². The molecule has 134 valence electrons. The summed E-state index contributed by atoms with van der Waals surface area (Å²) in [6.07, 6.45) is -4.19. The molecule has 2 rings (SSSR count). The van der Waals surface area contributed by atoms with Gasteiger partial charge in [-0.1, -0.05) is 18.2 Å². The van der Waals surface area contributed by atoms with E-state index in [1.54, 1.807) is 24.3 Å². The second-order valence-electron chi connectivity index (χ2n) is 5.64. The van der Waals surface area contributed by atoms with E-state index in [2.05, 4.69) is 10.1 Å². The van der Waals surface area contributed by atoms with E-state index in [0.29, 0.717) is 18.5 Å². The van der Waals surface area contributed by atoms with Crippen molar-refractivity contribution in [3.8, 4) is 5.75 Å². The Kier molecular flexibility index (Phi) is 5.90. The van der Waals surface area contributed by atoms with E-state index >= 15 is 0 Å². The highest BCUT2D eigenvalue weighted by atomic mass is 19.4. The van der Waals surface area contributed by atoms with Crippen molar-refractivity contribution in [3.63, 3.8) is 0 Å². The van der Waals surface area contributed by atoms with Crippen LogP contribution in [-0.2, 0) is 6.42 Å². The Hall–Kier alpha value is -2.70. The second kappa shape index (κ2) is 7.92. The van der Waals surface area contributed by atoms with Gasteiger partial charge in [-0.25, -0.2) is 0 Å². The Morgan fingerprint density at radius 2 is 1.80 bits per heavy atom. The van der Waals surface area contributed by atoms with Crippen molar-refractivity contribution in [1.29, 1.82) is 0 Å². The van der Waals surface area contributed by atoms with Crippen molar-refractivity contribution in [1.82, 2.24) is 5.32 Å². The summed E-state index contributed by atoms with van der Waals surface area (Å²) in [5.74, 6) is -0.457. The fraction of sp³-hybridized carbons (Fsp3) is 0.278. The lowest BCUT2D eigenvalue weighted by atomic mass is 10.1. The summed E-state index contributed by atoms with van der Waals surface area (Å²) in [5, 5.41) is 2.80. The summed E-state index contributed by atoms with van der Waals surface area (Å²) < 4.78 is 40.1. The predicted molar refractivity (Wildman–Crippen MR) is 89.9 cm³/mol. The molecule has 0 aliphatic heterocycles. The largest absolute Gasteiger partial charge is 0.573 e. The lowest BCUT2D eigenvalue weighted by Crippen LogP contribution is -2.26. The molecule has 0 radical (unpaired) electrons. The average Bonchev–Trinajstić information content (AvgIpc) is 2.55. The van der Waals surface area contributed by atoms with E-state index in [1.807, 2.05) is 31.1 Å². The van der Waals surface area contributed by atoms with Crippen LogP contribution in [0.3, 0.4) is 0 Å². The molecule has 0 aliphatic rings. The molecule has 0 heterocycles. The zero-order chi connectivity index (χ0) is 18.4. The molecule has 0 atom stereocenters. The molecule has 1 amide bonds. The highest BCUT2D eigenvalue weighted by molar-refractivity contribution is 5.95. The number of hydrogen-bond donors (Lipinski definition) is 1. The van der Waals surface area contributed by atoms with Crippen molar-refractivity contribution in [2.45, 2.75) is 12.8 Å². The van der Waals surface area contributed by atoms with Crippen LogP contribution in [0, 0.1) is 0 Å². The number of carbonyl (C=O) groups is 1. The smallest absolute Gasteiger partial charge is 0.406 e. The topological polar surface area (TPSA) is 41.6 Å². The highest BCUT2D eigenvalue weighted by Crippen LogP contribution is 2.22. The third-order valence-electron chi connectivity index (χ3n) is 3.48. The van der Waals surface area contributed by atoms with E-state index in [9.17, 15) is 18.0 Å². The number of benzene rings is 2. The summed E-state index contributed by atoms with van der Waals surface area (Å²) in [6, 6.07) is 12.8. The molecule has 2 aromatic carbocycles. The van der Waals surface area contributed by atoms with Crippen molar-refractivity contribution in [2.75, 3.05) is 25.5 Å². The normalized spacial score (nSPS) is 11.1. The molecule has 1 N–H and O–H groups in total. The van der Waals surface area contributed by atoms with Crippen molar-refractivity contribution in [3.05, 3.63) is 59.7 Å². The first-order valence-corrected chi connectivity index (χ1v) is 7.65. The van der Waals surface area contributed by atoms with Gasteiger partial charge in [0.05, 0.1) is 0 Å². The van der Waals surface area contributed by atoms with Crippen LogP contribution in [0.5, 0.6) is 5.75 Å². The van der Waals surface area contributed by atoms with Gasteiger partial charge < -0.3 is 15.0 Å². The summed E-state index contributed by atoms with van der Waals surface area (Å²) in [5.41, 5.74) is 2.28. The predicted octanol–water partition coefficient (Wildman–Crippen LogP) is 3.62. The van der Waals surface area contributed by atoms with Crippen LogP contribution in [0.15, 0.2) is 48.5 Å². The van der Waals surface area contributed by atoms with Crippen molar-refractivity contribution < 1.29 is 22.7 Å². The number of halogens is 3. The summed E-state index contributed by atoms with van der Waals surface area (Å²) in [7, 11) is 3.78. The molecular weight excluding hydrogens is 333 g/mol. The molecule has 4 nitrogen and oxygen atoms in total. The van der Waals surface area contributed by atoms with Gasteiger partial charge >= 0.3 is 6.36 Å². The van der Waals surface area contributed by atoms with Gasteiger partial charge in [0.25, 0.3) is 5.91 Å². The first-order chi connectivity index (χ1) is 11.7. The molecule has 0 unspecified atom stereocenters. The van der Waals surface area contributed by atoms with Gasteiger partial charge in [-0.2, -0.15) is 0 Å². The molecule has 0 aromatic heterocycles. The van der Waals surface area contributed by atoms with Gasteiger partial charge in [0.2, 0.25) is 0 Å². The van der Waals surface area contributed by atoms with Crippen LogP contribution < -0.4 is 15.0 Å². The maximum Gasteiger partial charge on any atom is 0.573 e. The number of nitrogens with zero attached hydrogens (tertiary/aromatic N) is 1.